The lowest BCUT2D eigenvalue weighted by Gasteiger charge is -2.10. The molecule has 90 valence electrons. The maximum absolute atomic E-state index is 12.1. The fourth-order valence-corrected chi connectivity index (χ4v) is 1.61. The van der Waals surface area contributed by atoms with Crippen molar-refractivity contribution in [3.63, 3.8) is 0 Å². The topological polar surface area (TPSA) is 45.8 Å². The molecular weight excluding hydrogens is 221 g/mol. The Labute approximate surface area is 90.7 Å². The number of hydrogen-bond donors (Lipinski definition) is 1. The van der Waals surface area contributed by atoms with Crippen LogP contribution < -0.4 is 5.56 Å². The number of H-pyrrole nitrogens is 1. The summed E-state index contributed by atoms with van der Waals surface area (Å²) in [4.78, 5) is 17.5. The van der Waals surface area contributed by atoms with Crippen LogP contribution in [-0.4, -0.2) is 16.1 Å². The second-order valence-electron chi connectivity index (χ2n) is 3.96. The van der Waals surface area contributed by atoms with E-state index in [-0.39, 0.29) is 11.7 Å². The molecule has 3 nitrogen and oxygen atoms in total. The van der Waals surface area contributed by atoms with E-state index in [2.05, 4.69) is 9.97 Å². The highest BCUT2D eigenvalue weighted by atomic mass is 19.4. The van der Waals surface area contributed by atoms with Crippen LogP contribution in [0.4, 0.5) is 13.2 Å². The van der Waals surface area contributed by atoms with Gasteiger partial charge in [0.1, 0.15) is 12.2 Å². The van der Waals surface area contributed by atoms with E-state index < -0.39 is 18.2 Å². The summed E-state index contributed by atoms with van der Waals surface area (Å²) in [7, 11) is 0. The first kappa shape index (κ1) is 12.7. The zero-order valence-electron chi connectivity index (χ0n) is 9.27. The molecular formula is C10H13F3N2O. The van der Waals surface area contributed by atoms with Gasteiger partial charge in [-0.05, 0) is 12.8 Å². The fourth-order valence-electron chi connectivity index (χ4n) is 1.61. The molecule has 1 aromatic rings. The molecule has 1 rings (SSSR count). The number of hydrogen-bond acceptors (Lipinski definition) is 2. The highest BCUT2D eigenvalue weighted by Gasteiger charge is 2.29. The van der Waals surface area contributed by atoms with Gasteiger partial charge in [-0.25, -0.2) is 4.98 Å². The van der Waals surface area contributed by atoms with Crippen molar-refractivity contribution in [3.05, 3.63) is 27.4 Å². The first-order chi connectivity index (χ1) is 7.20. The molecule has 0 bridgehead atoms. The molecule has 16 heavy (non-hydrogen) atoms. The lowest BCUT2D eigenvalue weighted by Crippen LogP contribution is -2.23. The molecule has 0 aliphatic heterocycles. The summed E-state index contributed by atoms with van der Waals surface area (Å²) in [5.41, 5.74) is 0.311. The molecule has 0 aliphatic rings. The Morgan fingerprint density at radius 3 is 2.31 bits per heavy atom. The molecule has 1 N–H and O–H groups in total. The Kier molecular flexibility index (Phi) is 3.40. The smallest absolute Gasteiger partial charge is 0.310 e. The van der Waals surface area contributed by atoms with Crippen molar-refractivity contribution in [2.45, 2.75) is 39.3 Å². The normalized spacial score (nSPS) is 12.2. The van der Waals surface area contributed by atoms with E-state index in [1.165, 1.54) is 0 Å². The van der Waals surface area contributed by atoms with Crippen LogP contribution in [0, 0.1) is 6.92 Å². The maximum atomic E-state index is 12.1. The molecule has 1 heterocycles. The van der Waals surface area contributed by atoms with Crippen LogP contribution in [0.25, 0.3) is 0 Å². The van der Waals surface area contributed by atoms with E-state index in [0.29, 0.717) is 11.3 Å². The largest absolute Gasteiger partial charge is 0.396 e. The second kappa shape index (κ2) is 4.27. The third kappa shape index (κ3) is 3.08. The van der Waals surface area contributed by atoms with Gasteiger partial charge in [-0.3, -0.25) is 4.79 Å². The number of nitrogens with zero attached hydrogens (tertiary/aromatic N) is 1. The first-order valence-electron chi connectivity index (χ1n) is 4.87. The third-order valence-corrected chi connectivity index (χ3v) is 2.14. The van der Waals surface area contributed by atoms with E-state index in [9.17, 15) is 18.0 Å². The van der Waals surface area contributed by atoms with E-state index in [4.69, 9.17) is 0 Å². The summed E-state index contributed by atoms with van der Waals surface area (Å²) >= 11 is 0. The molecule has 0 saturated heterocycles. The number of aromatic amines is 1. The molecule has 0 unspecified atom stereocenters. The number of rotatable bonds is 2. The SMILES string of the molecule is Cc1nc(CC(F)(F)F)[nH]c(=O)c1C(C)C. The maximum Gasteiger partial charge on any atom is 0.396 e. The Morgan fingerprint density at radius 1 is 1.38 bits per heavy atom. The van der Waals surface area contributed by atoms with Gasteiger partial charge in [-0.1, -0.05) is 13.8 Å². The van der Waals surface area contributed by atoms with E-state index in [0.717, 1.165) is 0 Å². The van der Waals surface area contributed by atoms with Gasteiger partial charge in [0, 0.05) is 11.3 Å². The molecule has 0 aliphatic carbocycles. The molecule has 0 radical (unpaired) electrons. The quantitative estimate of drug-likeness (QED) is 0.853. The predicted octanol–water partition coefficient (Wildman–Crippen LogP) is 2.31. The summed E-state index contributed by atoms with van der Waals surface area (Å²) in [5, 5.41) is 0. The Balaban J connectivity index is 3.16. The predicted molar refractivity (Wildman–Crippen MR) is 53.4 cm³/mol. The lowest BCUT2D eigenvalue weighted by molar-refractivity contribution is -0.128. The van der Waals surface area contributed by atoms with Crippen molar-refractivity contribution < 1.29 is 13.2 Å². The van der Waals surface area contributed by atoms with Crippen molar-refractivity contribution in [1.29, 1.82) is 0 Å². The van der Waals surface area contributed by atoms with Crippen LogP contribution in [0.2, 0.25) is 0 Å². The summed E-state index contributed by atoms with van der Waals surface area (Å²) in [6.07, 6.45) is -5.57. The Bertz CT molecular complexity index is 435. The van der Waals surface area contributed by atoms with E-state index >= 15 is 0 Å². The van der Waals surface area contributed by atoms with E-state index in [1.807, 2.05) is 0 Å². The summed E-state index contributed by atoms with van der Waals surface area (Å²) in [6, 6.07) is 0. The van der Waals surface area contributed by atoms with Crippen molar-refractivity contribution in [2.24, 2.45) is 0 Å². The Morgan fingerprint density at radius 2 is 1.94 bits per heavy atom. The number of halogens is 3. The monoisotopic (exact) mass is 234 g/mol. The van der Waals surface area contributed by atoms with Gasteiger partial charge in [-0.15, -0.1) is 0 Å². The van der Waals surface area contributed by atoms with Crippen LogP contribution in [0.5, 0.6) is 0 Å². The minimum atomic E-state index is -4.36. The summed E-state index contributed by atoms with van der Waals surface area (Å²) < 4.78 is 36.3. The van der Waals surface area contributed by atoms with Gasteiger partial charge >= 0.3 is 6.18 Å². The van der Waals surface area contributed by atoms with Crippen LogP contribution in [0.1, 0.15) is 36.8 Å². The Hall–Kier alpha value is -1.33. The minimum Gasteiger partial charge on any atom is -0.310 e. The molecule has 0 aromatic carbocycles. The summed E-state index contributed by atoms with van der Waals surface area (Å²) in [5.74, 6) is -0.393. The number of nitrogens with one attached hydrogen (secondary N) is 1. The molecule has 0 spiro atoms. The van der Waals surface area contributed by atoms with Crippen LogP contribution >= 0.6 is 0 Å². The molecule has 0 atom stereocenters. The van der Waals surface area contributed by atoms with Crippen LogP contribution in [0.3, 0.4) is 0 Å². The van der Waals surface area contributed by atoms with Gasteiger partial charge in [0.2, 0.25) is 0 Å². The van der Waals surface area contributed by atoms with Crippen molar-refractivity contribution >= 4 is 0 Å². The molecule has 0 fully saturated rings. The van der Waals surface area contributed by atoms with Gasteiger partial charge in [0.05, 0.1) is 0 Å². The highest BCUT2D eigenvalue weighted by Crippen LogP contribution is 2.20. The average Bonchev–Trinajstić information content (AvgIpc) is 1.96. The fraction of sp³-hybridized carbons (Fsp3) is 0.600. The zero-order chi connectivity index (χ0) is 12.5. The standard InChI is InChI=1S/C10H13F3N2O/c1-5(2)8-6(3)14-7(15-9(8)16)4-10(11,12)13/h5H,4H2,1-3H3,(H,14,15,16). The highest BCUT2D eigenvalue weighted by molar-refractivity contribution is 5.20. The van der Waals surface area contributed by atoms with Crippen LogP contribution in [-0.2, 0) is 6.42 Å². The van der Waals surface area contributed by atoms with Crippen molar-refractivity contribution in [1.82, 2.24) is 9.97 Å². The minimum absolute atomic E-state index is 0.0591. The van der Waals surface area contributed by atoms with Gasteiger partial charge < -0.3 is 4.98 Å². The average molecular weight is 234 g/mol. The third-order valence-electron chi connectivity index (χ3n) is 2.14. The van der Waals surface area contributed by atoms with Crippen molar-refractivity contribution in [2.75, 3.05) is 0 Å². The number of alkyl halides is 3. The van der Waals surface area contributed by atoms with Crippen molar-refractivity contribution in [3.8, 4) is 0 Å². The molecule has 0 saturated carbocycles. The second-order valence-corrected chi connectivity index (χ2v) is 3.96. The molecule has 1 aromatic heterocycles. The zero-order valence-corrected chi connectivity index (χ0v) is 9.27. The number of aryl methyl sites for hydroxylation is 1. The molecule has 0 amide bonds. The lowest BCUT2D eigenvalue weighted by atomic mass is 10.0. The van der Waals surface area contributed by atoms with Gasteiger partial charge in [0.15, 0.2) is 0 Å². The first-order valence-corrected chi connectivity index (χ1v) is 4.87. The van der Waals surface area contributed by atoms with Crippen LogP contribution in [0.15, 0.2) is 4.79 Å². The van der Waals surface area contributed by atoms with Gasteiger partial charge in [0.25, 0.3) is 5.56 Å². The molecule has 6 heteroatoms. The number of aromatic nitrogens is 2. The van der Waals surface area contributed by atoms with Gasteiger partial charge in [-0.2, -0.15) is 13.2 Å². The van der Waals surface area contributed by atoms with E-state index in [1.54, 1.807) is 20.8 Å². The summed E-state index contributed by atoms with van der Waals surface area (Å²) in [6.45, 7) is 5.13.